The number of nitro groups is 1. The first-order valence-electron chi connectivity index (χ1n) is 8.41. The van der Waals surface area contributed by atoms with Gasteiger partial charge < -0.3 is 4.42 Å². The number of halogens is 2. The summed E-state index contributed by atoms with van der Waals surface area (Å²) in [6.45, 7) is 0. The number of furan rings is 1. The molecule has 0 aliphatic carbocycles. The number of hydrogen-bond acceptors (Lipinski definition) is 6. The maximum atomic E-state index is 12.9. The number of hydrogen-bond donors (Lipinski definition) is 0. The first-order chi connectivity index (χ1) is 14.3. The highest BCUT2D eigenvalue weighted by molar-refractivity contribution is 14.1. The van der Waals surface area contributed by atoms with Gasteiger partial charge in [-0.05, 0) is 81.0 Å². The van der Waals surface area contributed by atoms with Gasteiger partial charge in [0.15, 0.2) is 4.32 Å². The summed E-state index contributed by atoms with van der Waals surface area (Å²) >= 11 is 12.1. The smallest absolute Gasteiger partial charge is 0.270 e. The molecule has 1 amide bonds. The molecule has 2 aromatic carbocycles. The van der Waals surface area contributed by atoms with Gasteiger partial charge in [-0.15, -0.1) is 0 Å². The number of carbonyl (C=O) groups excluding carboxylic acids is 1. The molecule has 6 nitrogen and oxygen atoms in total. The van der Waals surface area contributed by atoms with E-state index in [4.69, 9.17) is 16.6 Å². The van der Waals surface area contributed by atoms with Crippen LogP contribution in [0.5, 0.6) is 0 Å². The van der Waals surface area contributed by atoms with Gasteiger partial charge in [0.2, 0.25) is 0 Å². The second-order valence-corrected chi connectivity index (χ2v) is 9.89. The molecule has 0 bridgehead atoms. The number of rotatable bonds is 4. The SMILES string of the molecule is O=C1/C(=C\c2ccc(-c3ccc([N+](=O)[O-])cc3Br)o2)SC(=S)N1c1ccc(I)cc1. The van der Waals surface area contributed by atoms with Crippen LogP contribution in [0.4, 0.5) is 11.4 Å². The quantitative estimate of drug-likeness (QED) is 0.108. The molecule has 150 valence electrons. The number of amides is 1. The van der Waals surface area contributed by atoms with Crippen molar-refractivity contribution in [2.24, 2.45) is 0 Å². The molecule has 1 saturated heterocycles. The van der Waals surface area contributed by atoms with Crippen molar-refractivity contribution in [3.8, 4) is 11.3 Å². The largest absolute Gasteiger partial charge is 0.457 e. The molecule has 0 unspecified atom stereocenters. The normalized spacial score (nSPS) is 15.3. The minimum Gasteiger partial charge on any atom is -0.457 e. The van der Waals surface area contributed by atoms with Crippen molar-refractivity contribution >= 4 is 90.2 Å². The van der Waals surface area contributed by atoms with Gasteiger partial charge in [0, 0.05) is 31.8 Å². The number of benzene rings is 2. The van der Waals surface area contributed by atoms with Gasteiger partial charge in [-0.2, -0.15) is 0 Å². The van der Waals surface area contributed by atoms with Crippen molar-refractivity contribution in [3.05, 3.63) is 83.4 Å². The fraction of sp³-hybridized carbons (Fsp3) is 0. The summed E-state index contributed by atoms with van der Waals surface area (Å²) in [5.74, 6) is 0.801. The van der Waals surface area contributed by atoms with Gasteiger partial charge in [-0.25, -0.2) is 0 Å². The number of nitrogens with zero attached hydrogens (tertiary/aromatic N) is 2. The minimum atomic E-state index is -0.461. The van der Waals surface area contributed by atoms with Gasteiger partial charge >= 0.3 is 0 Å². The summed E-state index contributed by atoms with van der Waals surface area (Å²) < 4.78 is 7.92. The molecule has 0 saturated carbocycles. The van der Waals surface area contributed by atoms with Crippen molar-refractivity contribution in [2.75, 3.05) is 4.90 Å². The third-order valence-electron chi connectivity index (χ3n) is 4.21. The van der Waals surface area contributed by atoms with Crippen LogP contribution in [0.15, 0.2) is 68.4 Å². The summed E-state index contributed by atoms with van der Waals surface area (Å²) in [5.41, 5.74) is 1.37. The minimum absolute atomic E-state index is 0.0170. The van der Waals surface area contributed by atoms with Crippen LogP contribution in [0.25, 0.3) is 17.4 Å². The van der Waals surface area contributed by atoms with Crippen LogP contribution in [-0.2, 0) is 4.79 Å². The maximum absolute atomic E-state index is 12.9. The van der Waals surface area contributed by atoms with Crippen molar-refractivity contribution in [1.82, 2.24) is 0 Å². The van der Waals surface area contributed by atoms with Crippen molar-refractivity contribution in [2.45, 2.75) is 0 Å². The van der Waals surface area contributed by atoms with Crippen LogP contribution < -0.4 is 4.90 Å². The highest BCUT2D eigenvalue weighted by Crippen LogP contribution is 2.37. The second-order valence-electron chi connectivity index (χ2n) is 6.12. The molecule has 1 aliphatic heterocycles. The van der Waals surface area contributed by atoms with Crippen LogP contribution in [0.3, 0.4) is 0 Å². The third kappa shape index (κ3) is 4.22. The maximum Gasteiger partial charge on any atom is 0.270 e. The van der Waals surface area contributed by atoms with Gasteiger partial charge in [0.1, 0.15) is 11.5 Å². The molecular weight excluding hydrogens is 603 g/mol. The first kappa shape index (κ1) is 21.2. The van der Waals surface area contributed by atoms with Crippen molar-refractivity contribution < 1.29 is 14.1 Å². The summed E-state index contributed by atoms with van der Waals surface area (Å²) in [7, 11) is 0. The Bertz CT molecular complexity index is 1220. The molecule has 3 aromatic rings. The molecule has 0 atom stereocenters. The molecular formula is C20H10BrIN2O4S2. The van der Waals surface area contributed by atoms with Gasteiger partial charge in [0.25, 0.3) is 11.6 Å². The molecule has 4 rings (SSSR count). The lowest BCUT2D eigenvalue weighted by Gasteiger charge is -2.14. The average Bonchev–Trinajstić information content (AvgIpc) is 3.27. The fourth-order valence-corrected chi connectivity index (χ4v) is 5.00. The molecule has 0 spiro atoms. The number of carbonyl (C=O) groups is 1. The van der Waals surface area contributed by atoms with Gasteiger partial charge in [0.05, 0.1) is 15.5 Å². The Hall–Kier alpha value is -2.02. The van der Waals surface area contributed by atoms with Crippen molar-refractivity contribution in [1.29, 1.82) is 0 Å². The lowest BCUT2D eigenvalue weighted by atomic mass is 10.1. The van der Waals surface area contributed by atoms with Crippen LogP contribution in [0, 0.1) is 13.7 Å². The first-order valence-corrected chi connectivity index (χ1v) is 11.5. The van der Waals surface area contributed by atoms with Crippen LogP contribution in [-0.4, -0.2) is 15.2 Å². The molecule has 0 N–H and O–H groups in total. The van der Waals surface area contributed by atoms with E-state index in [9.17, 15) is 14.9 Å². The van der Waals surface area contributed by atoms with E-state index in [2.05, 4.69) is 38.5 Å². The van der Waals surface area contributed by atoms with E-state index in [0.29, 0.717) is 30.8 Å². The molecule has 30 heavy (non-hydrogen) atoms. The molecule has 0 radical (unpaired) electrons. The summed E-state index contributed by atoms with van der Waals surface area (Å²) in [5, 5.41) is 10.9. The summed E-state index contributed by atoms with van der Waals surface area (Å²) in [6.07, 6.45) is 1.65. The second kappa shape index (κ2) is 8.61. The number of anilines is 1. The zero-order valence-corrected chi connectivity index (χ0v) is 20.2. The predicted molar refractivity (Wildman–Crippen MR) is 133 cm³/mol. The van der Waals surface area contributed by atoms with Crippen LogP contribution >= 0.6 is 62.5 Å². The van der Waals surface area contributed by atoms with E-state index in [-0.39, 0.29) is 11.6 Å². The number of thioether (sulfide) groups is 1. The Morgan fingerprint density at radius 1 is 1.17 bits per heavy atom. The fourth-order valence-electron chi connectivity index (χ4n) is 2.80. The van der Waals surface area contributed by atoms with Crippen LogP contribution in [0.2, 0.25) is 0 Å². The van der Waals surface area contributed by atoms with Crippen molar-refractivity contribution in [3.63, 3.8) is 0 Å². The van der Waals surface area contributed by atoms with E-state index in [1.165, 1.54) is 28.8 Å². The zero-order chi connectivity index (χ0) is 21.4. The highest BCUT2D eigenvalue weighted by Gasteiger charge is 2.33. The van der Waals surface area contributed by atoms with E-state index >= 15 is 0 Å². The third-order valence-corrected chi connectivity index (χ3v) is 6.89. The van der Waals surface area contributed by atoms with E-state index in [1.54, 1.807) is 24.3 Å². The number of non-ortho nitro benzene ring substituents is 1. The lowest BCUT2D eigenvalue weighted by molar-refractivity contribution is -0.384. The molecule has 1 aliphatic rings. The average molecular weight is 613 g/mol. The number of thiocarbonyl (C=S) groups is 1. The molecule has 2 heterocycles. The Labute approximate surface area is 202 Å². The Morgan fingerprint density at radius 2 is 1.90 bits per heavy atom. The Kier molecular flexibility index (Phi) is 6.09. The summed E-state index contributed by atoms with van der Waals surface area (Å²) in [6, 6.07) is 15.5. The van der Waals surface area contributed by atoms with E-state index in [0.717, 1.165) is 9.26 Å². The molecule has 10 heteroatoms. The standard InChI is InChI=1S/C20H10BrIN2O4S2/c21-16-9-13(24(26)27)5-7-15(16)17-8-6-14(28-17)10-18-19(25)23(20(29)30-18)12-3-1-11(22)2-4-12/h1-10H/b18-10+. The molecule has 1 aromatic heterocycles. The Balaban J connectivity index is 1.60. The monoisotopic (exact) mass is 612 g/mol. The topological polar surface area (TPSA) is 76.6 Å². The predicted octanol–water partition coefficient (Wildman–Crippen LogP) is 6.63. The highest BCUT2D eigenvalue weighted by atomic mass is 127. The lowest BCUT2D eigenvalue weighted by Crippen LogP contribution is -2.27. The van der Waals surface area contributed by atoms with Gasteiger partial charge in [-0.1, -0.05) is 24.0 Å². The zero-order valence-electron chi connectivity index (χ0n) is 14.9. The Morgan fingerprint density at radius 3 is 2.57 bits per heavy atom. The van der Waals surface area contributed by atoms with E-state index in [1.807, 2.05) is 24.3 Å². The summed E-state index contributed by atoms with van der Waals surface area (Å²) in [4.78, 5) is 25.3. The molecule has 1 fully saturated rings. The van der Waals surface area contributed by atoms with E-state index < -0.39 is 4.92 Å². The van der Waals surface area contributed by atoms with Crippen LogP contribution in [0.1, 0.15) is 5.76 Å². The van der Waals surface area contributed by atoms with Gasteiger partial charge in [-0.3, -0.25) is 19.8 Å². The number of nitro benzene ring substituents is 1.